The third-order valence-electron chi connectivity index (χ3n) is 9.28. The number of esters is 1. The van der Waals surface area contributed by atoms with Crippen LogP contribution in [0, 0.1) is 11.8 Å². The van der Waals surface area contributed by atoms with Gasteiger partial charge in [0.1, 0.15) is 6.04 Å². The van der Waals surface area contributed by atoms with Gasteiger partial charge in [-0.1, -0.05) is 49.6 Å². The van der Waals surface area contributed by atoms with Crippen LogP contribution in [0.15, 0.2) is 30.3 Å². The van der Waals surface area contributed by atoms with Gasteiger partial charge in [-0.3, -0.25) is 24.6 Å². The average molecular weight is 660 g/mol. The Hall–Kier alpha value is -2.67. The van der Waals surface area contributed by atoms with Crippen LogP contribution in [0.5, 0.6) is 0 Å². The first-order valence-electron chi connectivity index (χ1n) is 16.6. The van der Waals surface area contributed by atoms with Crippen molar-refractivity contribution in [2.75, 3.05) is 26.7 Å². The molecule has 4 rings (SSSR count). The standard InChI is InChI=1S/C34H53N5O6S/c1-33(2,3)38-29(42)27-24-15-11-10-14-22(24)16-17-39(27)20-23(40)19-35-30(43)28-34(4,5)46-31(37-28)26(32(44)45-6)36-25(41)18-21-12-8-7-9-13-21/h7-9,12-13,22-24,26-28,31,37,40H,10-11,14-20H2,1-6H3,(H,35,43)(H,36,41)(H,38,42)/t22?,23-,24?,26?,27+,28-,31-/m1/s1. The monoisotopic (exact) mass is 659 g/mol. The van der Waals surface area contributed by atoms with Crippen LogP contribution in [-0.2, 0) is 30.3 Å². The lowest BCUT2D eigenvalue weighted by Gasteiger charge is -2.48. The molecule has 46 heavy (non-hydrogen) atoms. The van der Waals surface area contributed by atoms with Gasteiger partial charge in [-0.25, -0.2) is 4.79 Å². The van der Waals surface area contributed by atoms with Crippen LogP contribution < -0.4 is 21.3 Å². The van der Waals surface area contributed by atoms with Crippen molar-refractivity contribution >= 4 is 35.5 Å². The van der Waals surface area contributed by atoms with Crippen molar-refractivity contribution < 1.29 is 29.0 Å². The van der Waals surface area contributed by atoms with Crippen LogP contribution in [-0.4, -0.2) is 100 Å². The molecule has 12 heteroatoms. The number of likely N-dealkylation sites (tertiary alicyclic amines) is 1. The first kappa shape index (κ1) is 36.2. The first-order chi connectivity index (χ1) is 21.7. The van der Waals surface area contributed by atoms with Crippen LogP contribution in [0.2, 0.25) is 0 Å². The quantitative estimate of drug-likeness (QED) is 0.225. The molecule has 0 aromatic heterocycles. The number of thioether (sulfide) groups is 1. The molecule has 0 spiro atoms. The molecule has 1 aliphatic carbocycles. The number of benzene rings is 1. The van der Waals surface area contributed by atoms with E-state index in [0.29, 0.717) is 5.92 Å². The predicted octanol–water partition coefficient (Wildman–Crippen LogP) is 1.97. The molecular formula is C34H53N5O6S. The molecule has 1 aromatic rings. The number of rotatable bonds is 11. The van der Waals surface area contributed by atoms with E-state index < -0.39 is 34.3 Å². The molecule has 2 saturated heterocycles. The highest BCUT2D eigenvalue weighted by atomic mass is 32.2. The lowest BCUT2D eigenvalue weighted by atomic mass is 9.70. The minimum Gasteiger partial charge on any atom is -0.467 e. The van der Waals surface area contributed by atoms with Crippen LogP contribution in [0.25, 0.3) is 0 Å². The summed E-state index contributed by atoms with van der Waals surface area (Å²) in [5.74, 6) is -0.451. The van der Waals surface area contributed by atoms with E-state index in [2.05, 4.69) is 26.2 Å². The number of carbonyl (C=O) groups excluding carboxylic acids is 4. The maximum absolute atomic E-state index is 13.5. The average Bonchev–Trinajstić information content (AvgIpc) is 3.32. The molecule has 3 aliphatic rings. The highest BCUT2D eigenvalue weighted by Gasteiger charge is 2.50. The summed E-state index contributed by atoms with van der Waals surface area (Å²) in [6, 6.07) is 7.23. The highest BCUT2D eigenvalue weighted by Crippen LogP contribution is 2.41. The number of hydrogen-bond donors (Lipinski definition) is 5. The SMILES string of the molecule is COC(=O)C(NC(=O)Cc1ccccc1)[C@@H]1N[C@H](C(=O)NC[C@@H](O)CN2CCC3CCCCC3[C@H]2C(=O)NC(C)(C)C)C(C)(C)S1. The van der Waals surface area contributed by atoms with E-state index in [-0.39, 0.29) is 54.7 Å². The molecular weight excluding hydrogens is 606 g/mol. The largest absolute Gasteiger partial charge is 0.467 e. The van der Waals surface area contributed by atoms with Gasteiger partial charge in [0.05, 0.1) is 31.1 Å². The van der Waals surface area contributed by atoms with Crippen molar-refractivity contribution in [3.05, 3.63) is 35.9 Å². The molecule has 5 N–H and O–H groups in total. The van der Waals surface area contributed by atoms with Gasteiger partial charge in [-0.2, -0.15) is 0 Å². The summed E-state index contributed by atoms with van der Waals surface area (Å²) in [6.45, 7) is 10.8. The fraction of sp³-hybridized carbons (Fsp3) is 0.706. The number of aliphatic hydroxyl groups is 1. The minimum atomic E-state index is -1.01. The lowest BCUT2D eigenvalue weighted by molar-refractivity contribution is -0.145. The van der Waals surface area contributed by atoms with Gasteiger partial charge < -0.3 is 25.8 Å². The summed E-state index contributed by atoms with van der Waals surface area (Å²) in [4.78, 5) is 54.7. The number of ether oxygens (including phenoxy) is 1. The Balaban J connectivity index is 1.35. The van der Waals surface area contributed by atoms with Crippen LogP contribution >= 0.6 is 11.8 Å². The van der Waals surface area contributed by atoms with Crippen molar-refractivity contribution in [1.29, 1.82) is 0 Å². The zero-order valence-electron chi connectivity index (χ0n) is 28.1. The summed E-state index contributed by atoms with van der Waals surface area (Å²) in [6.07, 6.45) is 4.71. The van der Waals surface area contributed by atoms with Gasteiger partial charge >= 0.3 is 5.97 Å². The number of β-amino-alcohol motifs (C(OH)–C–C–N with tert-alkyl or cyclic N) is 1. The lowest BCUT2D eigenvalue weighted by Crippen LogP contribution is -2.61. The van der Waals surface area contributed by atoms with Gasteiger partial charge in [0.2, 0.25) is 17.7 Å². The van der Waals surface area contributed by atoms with E-state index in [9.17, 15) is 24.3 Å². The number of amides is 3. The van der Waals surface area contributed by atoms with E-state index in [0.717, 1.165) is 37.8 Å². The minimum absolute atomic E-state index is 0.0105. The Labute approximate surface area is 277 Å². The third kappa shape index (κ3) is 9.45. The number of piperidine rings is 1. The number of nitrogens with zero attached hydrogens (tertiary/aromatic N) is 1. The van der Waals surface area contributed by atoms with E-state index in [1.165, 1.54) is 25.3 Å². The first-order valence-corrected chi connectivity index (χ1v) is 17.4. The molecule has 3 fully saturated rings. The topological polar surface area (TPSA) is 149 Å². The molecule has 7 atom stereocenters. The molecule has 256 valence electrons. The highest BCUT2D eigenvalue weighted by molar-refractivity contribution is 8.01. The van der Waals surface area contributed by atoms with Crippen molar-refractivity contribution in [1.82, 2.24) is 26.2 Å². The number of aliphatic hydroxyl groups excluding tert-OH is 1. The Morgan fingerprint density at radius 2 is 1.78 bits per heavy atom. The fourth-order valence-corrected chi connectivity index (χ4v) is 8.64. The molecule has 0 bridgehead atoms. The zero-order chi connectivity index (χ0) is 33.6. The number of methoxy groups -OCH3 is 1. The third-order valence-corrected chi connectivity index (χ3v) is 10.8. The summed E-state index contributed by atoms with van der Waals surface area (Å²) >= 11 is 1.38. The van der Waals surface area contributed by atoms with Crippen molar-refractivity contribution in [3.63, 3.8) is 0 Å². The van der Waals surface area contributed by atoms with Crippen LogP contribution in [0.3, 0.4) is 0 Å². The van der Waals surface area contributed by atoms with Crippen LogP contribution in [0.4, 0.5) is 0 Å². The van der Waals surface area contributed by atoms with Crippen LogP contribution in [0.1, 0.15) is 72.3 Å². The molecule has 2 aliphatic heterocycles. The molecule has 11 nitrogen and oxygen atoms in total. The number of hydrogen-bond acceptors (Lipinski definition) is 9. The second kappa shape index (κ2) is 15.5. The maximum Gasteiger partial charge on any atom is 0.330 e. The van der Waals surface area contributed by atoms with Gasteiger partial charge in [0, 0.05) is 23.4 Å². The maximum atomic E-state index is 13.5. The van der Waals surface area contributed by atoms with E-state index >= 15 is 0 Å². The van der Waals surface area contributed by atoms with Gasteiger partial charge in [-0.05, 0) is 71.4 Å². The van der Waals surface area contributed by atoms with Crippen molar-refractivity contribution in [2.45, 2.75) is 113 Å². The second-order valence-corrected chi connectivity index (χ2v) is 16.3. The fourth-order valence-electron chi connectivity index (χ4n) is 7.16. The van der Waals surface area contributed by atoms with E-state index in [1.54, 1.807) is 0 Å². The van der Waals surface area contributed by atoms with Gasteiger partial charge in [-0.15, -0.1) is 11.8 Å². The zero-order valence-corrected chi connectivity index (χ0v) is 29.0. The summed E-state index contributed by atoms with van der Waals surface area (Å²) in [7, 11) is 1.27. The molecule has 3 amide bonds. The van der Waals surface area contributed by atoms with Gasteiger partial charge in [0.15, 0.2) is 6.04 Å². The summed E-state index contributed by atoms with van der Waals surface area (Å²) < 4.78 is 4.37. The number of nitrogens with one attached hydrogen (secondary N) is 4. The van der Waals surface area contributed by atoms with Crippen molar-refractivity contribution in [3.8, 4) is 0 Å². The molecule has 2 heterocycles. The summed E-state index contributed by atoms with van der Waals surface area (Å²) in [5, 5.41) is 22.6. The molecule has 1 aromatic carbocycles. The number of fused-ring (bicyclic) bond motifs is 1. The van der Waals surface area contributed by atoms with Crippen molar-refractivity contribution in [2.24, 2.45) is 11.8 Å². The Bertz CT molecular complexity index is 1220. The van der Waals surface area contributed by atoms with E-state index in [4.69, 9.17) is 4.74 Å². The van der Waals surface area contributed by atoms with E-state index in [1.807, 2.05) is 65.0 Å². The molecule has 3 unspecified atom stereocenters. The Kier molecular flexibility index (Phi) is 12.2. The molecule has 0 radical (unpaired) electrons. The second-order valence-electron chi connectivity index (χ2n) is 14.5. The molecule has 1 saturated carbocycles. The van der Waals surface area contributed by atoms with Gasteiger partial charge in [0.25, 0.3) is 0 Å². The Morgan fingerprint density at radius 3 is 2.46 bits per heavy atom. The normalized spacial score (nSPS) is 27.5. The smallest absolute Gasteiger partial charge is 0.330 e. The summed E-state index contributed by atoms with van der Waals surface area (Å²) in [5.41, 5.74) is 0.460. The number of carbonyl (C=O) groups is 4. The Morgan fingerprint density at radius 1 is 1.09 bits per heavy atom. The predicted molar refractivity (Wildman–Crippen MR) is 179 cm³/mol.